The first kappa shape index (κ1) is 16.8. The zero-order valence-electron chi connectivity index (χ0n) is 12.9. The molecule has 1 heterocycles. The van der Waals surface area contributed by atoms with Gasteiger partial charge in [0.1, 0.15) is 5.84 Å². The monoisotopic (exact) mass is 284 g/mol. The van der Waals surface area contributed by atoms with Crippen LogP contribution in [0.3, 0.4) is 0 Å². The Morgan fingerprint density at radius 2 is 2.25 bits per heavy atom. The Morgan fingerprint density at radius 1 is 1.55 bits per heavy atom. The fourth-order valence-corrected chi connectivity index (χ4v) is 2.44. The van der Waals surface area contributed by atoms with Crippen molar-refractivity contribution < 1.29 is 10.0 Å². The summed E-state index contributed by atoms with van der Waals surface area (Å²) < 4.78 is 0. The van der Waals surface area contributed by atoms with Crippen LogP contribution in [0.25, 0.3) is 0 Å². The topological polar surface area (TPSA) is 90.9 Å². The maximum atomic E-state index is 11.4. The summed E-state index contributed by atoms with van der Waals surface area (Å²) in [5.74, 6) is 0.529. The number of nitrogens with zero attached hydrogens (tertiary/aromatic N) is 2. The van der Waals surface area contributed by atoms with Gasteiger partial charge in [-0.1, -0.05) is 25.4 Å². The van der Waals surface area contributed by atoms with Crippen molar-refractivity contribution in [2.75, 3.05) is 20.1 Å². The molecule has 1 rings (SSSR count). The van der Waals surface area contributed by atoms with E-state index in [1.165, 1.54) is 0 Å². The number of amidine groups is 1. The predicted molar refractivity (Wildman–Crippen MR) is 79.7 cm³/mol. The van der Waals surface area contributed by atoms with Gasteiger partial charge >= 0.3 is 0 Å². The molecule has 1 fully saturated rings. The summed E-state index contributed by atoms with van der Waals surface area (Å²) in [5.41, 5.74) is 5.40. The van der Waals surface area contributed by atoms with Crippen molar-refractivity contribution >= 4 is 11.7 Å². The number of likely N-dealkylation sites (N-methyl/N-ethyl adjacent to an activating group) is 1. The number of piperidine rings is 1. The van der Waals surface area contributed by atoms with E-state index >= 15 is 0 Å². The van der Waals surface area contributed by atoms with Crippen LogP contribution in [0.1, 0.15) is 46.0 Å². The molecular weight excluding hydrogens is 256 g/mol. The molecular formula is C14H28N4O2. The number of hydrogen-bond acceptors (Lipinski definition) is 4. The minimum Gasteiger partial charge on any atom is -0.409 e. The standard InChI is InChI=1S/C14H28N4O2/c1-14(2,13(15)17-20)8-4-5-9-16-11-6-7-12(19)18(3)10-11/h11,16,20H,4-10H2,1-3H3,(H2,15,17). The molecule has 1 unspecified atom stereocenters. The highest BCUT2D eigenvalue weighted by Gasteiger charge is 2.24. The molecule has 1 atom stereocenters. The molecule has 20 heavy (non-hydrogen) atoms. The molecule has 0 spiro atoms. The van der Waals surface area contributed by atoms with E-state index < -0.39 is 0 Å². The summed E-state index contributed by atoms with van der Waals surface area (Å²) >= 11 is 0. The molecule has 1 amide bonds. The fourth-order valence-electron chi connectivity index (χ4n) is 2.44. The van der Waals surface area contributed by atoms with E-state index in [2.05, 4.69) is 10.5 Å². The molecule has 0 saturated carbocycles. The highest BCUT2D eigenvalue weighted by atomic mass is 16.4. The SMILES string of the molecule is CN1CC(NCCCCC(C)(C)C(N)=NO)CCC1=O. The summed E-state index contributed by atoms with van der Waals surface area (Å²) in [4.78, 5) is 13.2. The maximum Gasteiger partial charge on any atom is 0.222 e. The fraction of sp³-hybridized carbons (Fsp3) is 0.857. The van der Waals surface area contributed by atoms with Crippen LogP contribution in [0.5, 0.6) is 0 Å². The normalized spacial score (nSPS) is 21.4. The summed E-state index contributed by atoms with van der Waals surface area (Å²) in [7, 11) is 1.86. The molecule has 1 aliphatic rings. The lowest BCUT2D eigenvalue weighted by atomic mass is 9.86. The number of hydrogen-bond donors (Lipinski definition) is 3. The summed E-state index contributed by atoms with van der Waals surface area (Å²) in [6.07, 6.45) is 4.55. The number of rotatable bonds is 7. The number of nitrogens with two attached hydrogens (primary N) is 1. The smallest absolute Gasteiger partial charge is 0.222 e. The van der Waals surface area contributed by atoms with Crippen LogP contribution in [0.2, 0.25) is 0 Å². The van der Waals surface area contributed by atoms with E-state index in [0.717, 1.165) is 38.8 Å². The largest absolute Gasteiger partial charge is 0.409 e. The van der Waals surface area contributed by atoms with Gasteiger partial charge < -0.3 is 21.2 Å². The Bertz CT molecular complexity index is 355. The maximum absolute atomic E-state index is 11.4. The third kappa shape index (κ3) is 5.00. The van der Waals surface area contributed by atoms with E-state index in [-0.39, 0.29) is 17.2 Å². The highest BCUT2D eigenvalue weighted by molar-refractivity contribution is 5.85. The first-order chi connectivity index (χ1) is 9.36. The summed E-state index contributed by atoms with van der Waals surface area (Å²) in [5, 5.41) is 15.3. The zero-order chi connectivity index (χ0) is 15.2. The molecule has 4 N–H and O–H groups in total. The number of amides is 1. The first-order valence-electron chi connectivity index (χ1n) is 7.32. The zero-order valence-corrected chi connectivity index (χ0v) is 12.9. The molecule has 6 nitrogen and oxygen atoms in total. The van der Waals surface area contributed by atoms with E-state index in [1.807, 2.05) is 20.9 Å². The molecule has 0 aromatic carbocycles. The van der Waals surface area contributed by atoms with Gasteiger partial charge in [0.2, 0.25) is 5.91 Å². The minimum atomic E-state index is -0.258. The van der Waals surface area contributed by atoms with E-state index in [1.54, 1.807) is 4.90 Å². The second-order valence-electron chi connectivity index (χ2n) is 6.29. The average molecular weight is 284 g/mol. The van der Waals surface area contributed by atoms with Crippen LogP contribution in [-0.2, 0) is 4.79 Å². The molecule has 1 aliphatic heterocycles. The number of carbonyl (C=O) groups is 1. The van der Waals surface area contributed by atoms with Gasteiger partial charge in [0, 0.05) is 31.5 Å². The Balaban J connectivity index is 2.15. The lowest BCUT2D eigenvalue weighted by molar-refractivity contribution is -0.132. The van der Waals surface area contributed by atoms with E-state index in [0.29, 0.717) is 12.5 Å². The van der Waals surface area contributed by atoms with Crippen LogP contribution in [0.4, 0.5) is 0 Å². The minimum absolute atomic E-state index is 0.239. The van der Waals surface area contributed by atoms with Crippen LogP contribution in [-0.4, -0.2) is 48.0 Å². The van der Waals surface area contributed by atoms with E-state index in [4.69, 9.17) is 10.9 Å². The Labute approximate surface area is 121 Å². The lowest BCUT2D eigenvalue weighted by Gasteiger charge is -2.30. The summed E-state index contributed by atoms with van der Waals surface area (Å²) in [6.45, 7) is 5.71. The van der Waals surface area contributed by atoms with Gasteiger partial charge in [-0.2, -0.15) is 0 Å². The highest BCUT2D eigenvalue weighted by Crippen LogP contribution is 2.23. The first-order valence-corrected chi connectivity index (χ1v) is 7.32. The van der Waals surface area contributed by atoms with Crippen LogP contribution >= 0.6 is 0 Å². The van der Waals surface area contributed by atoms with E-state index in [9.17, 15) is 4.79 Å². The molecule has 0 aromatic rings. The van der Waals surface area contributed by atoms with Crippen LogP contribution < -0.4 is 11.1 Å². The third-order valence-electron chi connectivity index (χ3n) is 4.09. The van der Waals surface area contributed by atoms with Gasteiger partial charge in [0.25, 0.3) is 0 Å². The molecule has 0 bridgehead atoms. The van der Waals surface area contributed by atoms with Crippen LogP contribution in [0.15, 0.2) is 5.16 Å². The van der Waals surface area contributed by atoms with Crippen molar-refractivity contribution in [3.8, 4) is 0 Å². The second-order valence-corrected chi connectivity index (χ2v) is 6.29. The molecule has 0 aliphatic carbocycles. The predicted octanol–water partition coefficient (Wildman–Crippen LogP) is 1.14. The quantitative estimate of drug-likeness (QED) is 0.215. The Kier molecular flexibility index (Phi) is 6.26. The van der Waals surface area contributed by atoms with Crippen molar-refractivity contribution in [2.45, 2.75) is 52.0 Å². The van der Waals surface area contributed by atoms with Gasteiger partial charge in [-0.05, 0) is 25.8 Å². The Hall–Kier alpha value is -1.30. The molecule has 1 saturated heterocycles. The molecule has 0 aromatic heterocycles. The lowest BCUT2D eigenvalue weighted by Crippen LogP contribution is -2.46. The molecule has 0 radical (unpaired) electrons. The molecule has 116 valence electrons. The molecule has 6 heteroatoms. The van der Waals surface area contributed by atoms with Crippen LogP contribution in [0, 0.1) is 5.41 Å². The van der Waals surface area contributed by atoms with Crippen molar-refractivity contribution in [2.24, 2.45) is 16.3 Å². The number of likely N-dealkylation sites (tertiary alicyclic amines) is 1. The second kappa shape index (κ2) is 7.47. The van der Waals surface area contributed by atoms with Gasteiger partial charge in [-0.3, -0.25) is 4.79 Å². The summed E-state index contributed by atoms with van der Waals surface area (Å²) in [6, 6.07) is 0.412. The Morgan fingerprint density at radius 3 is 2.85 bits per heavy atom. The number of oxime groups is 1. The third-order valence-corrected chi connectivity index (χ3v) is 4.09. The van der Waals surface area contributed by atoms with Gasteiger partial charge in [-0.25, -0.2) is 0 Å². The number of unbranched alkanes of at least 4 members (excludes halogenated alkanes) is 1. The number of carbonyl (C=O) groups excluding carboxylic acids is 1. The van der Waals surface area contributed by atoms with Gasteiger partial charge in [0.05, 0.1) is 0 Å². The number of nitrogens with one attached hydrogen (secondary N) is 1. The van der Waals surface area contributed by atoms with Gasteiger partial charge in [-0.15, -0.1) is 0 Å². The van der Waals surface area contributed by atoms with Crippen molar-refractivity contribution in [3.63, 3.8) is 0 Å². The van der Waals surface area contributed by atoms with Gasteiger partial charge in [0.15, 0.2) is 0 Å². The average Bonchev–Trinajstić information content (AvgIpc) is 2.41. The van der Waals surface area contributed by atoms with Crippen molar-refractivity contribution in [1.29, 1.82) is 0 Å². The van der Waals surface area contributed by atoms with Crippen molar-refractivity contribution in [3.05, 3.63) is 0 Å². The van der Waals surface area contributed by atoms with Crippen molar-refractivity contribution in [1.82, 2.24) is 10.2 Å².